The minimum absolute atomic E-state index is 0.0476. The number of allylic oxidation sites excluding steroid dienone is 1. The lowest BCUT2D eigenvalue weighted by molar-refractivity contribution is -0.197. The van der Waals surface area contributed by atoms with Crippen LogP contribution < -0.4 is 16.1 Å². The molecule has 0 unspecified atom stereocenters. The van der Waals surface area contributed by atoms with Crippen molar-refractivity contribution in [1.82, 2.24) is 40.4 Å². The van der Waals surface area contributed by atoms with Gasteiger partial charge in [-0.2, -0.15) is 13.2 Å². The molecule has 16 nitrogen and oxygen atoms in total. The highest BCUT2D eigenvalue weighted by atomic mass is 32.1. The third kappa shape index (κ3) is 10.4. The lowest BCUT2D eigenvalue weighted by atomic mass is 9.83. The van der Waals surface area contributed by atoms with Crippen LogP contribution in [0.1, 0.15) is 101 Å². The van der Waals surface area contributed by atoms with E-state index in [2.05, 4.69) is 21.0 Å². The molecule has 0 radical (unpaired) electrons. The number of hydrogen-bond acceptors (Lipinski definition) is 13. The lowest BCUT2D eigenvalue weighted by Crippen LogP contribution is -2.73. The van der Waals surface area contributed by atoms with E-state index in [0.717, 1.165) is 25.7 Å². The fourth-order valence-corrected chi connectivity index (χ4v) is 13.4. The first-order chi connectivity index (χ1) is 35.0. The van der Waals surface area contributed by atoms with Crippen molar-refractivity contribution < 1.29 is 46.6 Å². The Labute approximate surface area is 427 Å². The molecule has 1 aromatic carbocycles. The molecule has 6 aliphatic heterocycles. The van der Waals surface area contributed by atoms with Crippen LogP contribution in [0.3, 0.4) is 0 Å². The SMILES string of the molecule is CO[C@@H](C)C1=C(c2c3c4cc(ccc4n2CC(F)(F)F)-c2csc(n2)C[C@H](NC(=O)[C@H](C2CCCC2)N2CCOC4(CN(C(=O)[C@@H]5N[C@@H]5C5CC5)C4)C2)C(=O)N2CCC[C@H](N2)C(=O)OCC(C)(C)C3)CCC=N1. The molecule has 394 valence electrons. The summed E-state index contributed by atoms with van der Waals surface area (Å²) in [5.41, 5.74) is 5.87. The second-order valence-corrected chi connectivity index (χ2v) is 23.6. The van der Waals surface area contributed by atoms with Crippen LogP contribution in [0.15, 0.2) is 34.3 Å². The predicted octanol–water partition coefficient (Wildman–Crippen LogP) is 5.81. The first kappa shape index (κ1) is 50.4. The average molecular weight is 1030 g/mol. The van der Waals surface area contributed by atoms with Crippen molar-refractivity contribution in [1.29, 1.82) is 0 Å². The van der Waals surface area contributed by atoms with E-state index in [-0.39, 0.29) is 49.3 Å². The zero-order valence-corrected chi connectivity index (χ0v) is 43.0. The molecule has 2 saturated carbocycles. The van der Waals surface area contributed by atoms with Crippen LogP contribution >= 0.6 is 11.3 Å². The number of thiazole rings is 1. The molecule has 3 N–H and O–H groups in total. The van der Waals surface area contributed by atoms with Gasteiger partial charge in [0.25, 0.3) is 5.91 Å². The number of nitrogens with one attached hydrogen (secondary N) is 3. The zero-order chi connectivity index (χ0) is 51.0. The molecule has 8 aliphatic rings. The maximum atomic E-state index is 15.1. The summed E-state index contributed by atoms with van der Waals surface area (Å²) < 4.78 is 63.8. The fourth-order valence-electron chi connectivity index (χ4n) is 12.6. The Kier molecular flexibility index (Phi) is 13.7. The third-order valence-electron chi connectivity index (χ3n) is 16.5. The quantitative estimate of drug-likeness (QED) is 0.165. The van der Waals surface area contributed by atoms with Crippen molar-refractivity contribution in [2.45, 2.75) is 152 Å². The van der Waals surface area contributed by atoms with Gasteiger partial charge >= 0.3 is 12.1 Å². The standard InChI is InChI=1S/C53H68F3N9O7S/c1-30(70-4)42-34(11-7-17-57-42)46-36-23-51(2,3)29-71-50(69)37-12-8-18-65(61-37)48(67)38(22-41-58-39(24-73-41)33-15-16-40(35(36)21-33)64(46)28-53(54,55)56)59-47(66)45(32-9-5-6-10-32)62-19-20-72-52(25-62)26-63(27-52)49(68)44-43(60-44)31-13-14-31/h15-17,21,24,30-32,37-38,43-45,60-61H,5-14,18-20,22-23,25-29H2,1-4H3,(H,59,66)/t30-,37-,38-,43+,44+,45-/m0/s1. The largest absolute Gasteiger partial charge is 0.464 e. The molecule has 6 atom stereocenters. The number of alkyl halides is 3. The molecule has 3 aromatic rings. The number of aliphatic imine (C=N–C) groups is 1. The first-order valence-electron chi connectivity index (χ1n) is 26.4. The monoisotopic (exact) mass is 1030 g/mol. The fraction of sp³-hybridized carbons (Fsp3) is 0.660. The van der Waals surface area contributed by atoms with Gasteiger partial charge in [-0.15, -0.1) is 11.3 Å². The maximum Gasteiger partial charge on any atom is 0.406 e. The van der Waals surface area contributed by atoms with Gasteiger partial charge in [0.05, 0.1) is 60.5 Å². The molecule has 6 fully saturated rings. The molecular formula is C53H68F3N9O7S. The van der Waals surface area contributed by atoms with Crippen molar-refractivity contribution >= 4 is 57.7 Å². The van der Waals surface area contributed by atoms with Gasteiger partial charge in [0.2, 0.25) is 11.8 Å². The van der Waals surface area contributed by atoms with E-state index in [1.54, 1.807) is 25.5 Å². The summed E-state index contributed by atoms with van der Waals surface area (Å²) in [6, 6.07) is 3.13. The first-order valence-corrected chi connectivity index (χ1v) is 27.3. The minimum Gasteiger partial charge on any atom is -0.464 e. The summed E-state index contributed by atoms with van der Waals surface area (Å²) in [5, 5.41) is 11.1. The number of halogens is 3. The Morgan fingerprint density at radius 2 is 1.85 bits per heavy atom. The average Bonchev–Trinajstić information content (AvgIpc) is 4.23. The van der Waals surface area contributed by atoms with E-state index in [1.165, 1.54) is 33.8 Å². The number of fused-ring (bicyclic) bond motifs is 6. The van der Waals surface area contributed by atoms with E-state index in [0.29, 0.717) is 121 Å². The number of cyclic esters (lactones) is 1. The number of likely N-dealkylation sites (tertiary alicyclic amines) is 1. The molecule has 73 heavy (non-hydrogen) atoms. The number of carbonyl (C=O) groups excluding carboxylic acids is 4. The summed E-state index contributed by atoms with van der Waals surface area (Å²) in [6.45, 7) is 7.13. The second kappa shape index (κ2) is 19.8. The summed E-state index contributed by atoms with van der Waals surface area (Å²) in [4.78, 5) is 71.3. The summed E-state index contributed by atoms with van der Waals surface area (Å²) in [6.07, 6.45) is 5.07. The topological polar surface area (TPSA) is 182 Å². The third-order valence-corrected chi connectivity index (χ3v) is 17.4. The molecule has 11 rings (SSSR count). The highest BCUT2D eigenvalue weighted by molar-refractivity contribution is 7.10. The van der Waals surface area contributed by atoms with E-state index >= 15 is 4.79 Å². The van der Waals surface area contributed by atoms with Crippen molar-refractivity contribution in [2.24, 2.45) is 22.2 Å². The Morgan fingerprint density at radius 3 is 2.60 bits per heavy atom. The van der Waals surface area contributed by atoms with Gasteiger partial charge in [0, 0.05) is 78.3 Å². The van der Waals surface area contributed by atoms with Crippen molar-refractivity contribution in [3.05, 3.63) is 45.5 Å². The number of ether oxygens (including phenoxy) is 3. The Morgan fingerprint density at radius 1 is 1.05 bits per heavy atom. The van der Waals surface area contributed by atoms with Crippen LogP contribution in [-0.4, -0.2) is 155 Å². The Balaban J connectivity index is 0.925. The molecule has 20 heteroatoms. The van der Waals surface area contributed by atoms with Gasteiger partial charge in [-0.1, -0.05) is 32.8 Å². The highest BCUT2D eigenvalue weighted by Gasteiger charge is 2.57. The van der Waals surface area contributed by atoms with E-state index in [4.69, 9.17) is 24.2 Å². The van der Waals surface area contributed by atoms with Gasteiger partial charge in [0.1, 0.15) is 30.3 Å². The van der Waals surface area contributed by atoms with Gasteiger partial charge in [-0.3, -0.25) is 39.4 Å². The Bertz CT molecular complexity index is 2700. The molecule has 2 aliphatic carbocycles. The number of hydrazine groups is 1. The summed E-state index contributed by atoms with van der Waals surface area (Å²) >= 11 is 1.35. The second-order valence-electron chi connectivity index (χ2n) is 22.7. The number of methoxy groups -OCH3 is 1. The maximum absolute atomic E-state index is 15.1. The number of rotatable bonds is 10. The normalized spacial score (nSPS) is 27.7. The zero-order valence-electron chi connectivity index (χ0n) is 42.2. The van der Waals surface area contributed by atoms with Crippen molar-refractivity contribution in [3.63, 3.8) is 0 Å². The van der Waals surface area contributed by atoms with Gasteiger partial charge in [-0.25, -0.2) is 10.4 Å². The summed E-state index contributed by atoms with van der Waals surface area (Å²) in [5.74, 6) is -0.403. The van der Waals surface area contributed by atoms with E-state index in [9.17, 15) is 27.6 Å². The number of benzene rings is 1. The number of amides is 3. The number of hydrogen-bond donors (Lipinski definition) is 3. The number of esters is 1. The number of morpholine rings is 1. The van der Waals surface area contributed by atoms with E-state index in [1.807, 2.05) is 37.1 Å². The van der Waals surface area contributed by atoms with E-state index < -0.39 is 59.8 Å². The van der Waals surface area contributed by atoms with Gasteiger partial charge in [0.15, 0.2) is 0 Å². The van der Waals surface area contributed by atoms with Crippen LogP contribution in [0, 0.1) is 17.3 Å². The van der Waals surface area contributed by atoms with Crippen LogP contribution in [0.5, 0.6) is 0 Å². The highest BCUT2D eigenvalue weighted by Crippen LogP contribution is 2.44. The minimum atomic E-state index is -4.55. The van der Waals surface area contributed by atoms with Crippen LogP contribution in [0.2, 0.25) is 0 Å². The molecule has 8 heterocycles. The Hall–Kier alpha value is -4.73. The van der Waals surface area contributed by atoms with Gasteiger partial charge in [-0.05, 0) is 94.2 Å². The van der Waals surface area contributed by atoms with Gasteiger partial charge < -0.3 is 29.0 Å². The predicted molar refractivity (Wildman–Crippen MR) is 268 cm³/mol. The smallest absolute Gasteiger partial charge is 0.406 e. The van der Waals surface area contributed by atoms with Crippen LogP contribution in [0.4, 0.5) is 13.2 Å². The van der Waals surface area contributed by atoms with Crippen molar-refractivity contribution in [3.8, 4) is 11.3 Å². The van der Waals surface area contributed by atoms with Crippen LogP contribution in [-0.2, 0) is 52.8 Å². The molecule has 4 saturated heterocycles. The molecule has 3 amide bonds. The van der Waals surface area contributed by atoms with Crippen molar-refractivity contribution in [2.75, 3.05) is 53.0 Å². The number of nitrogens with zero attached hydrogens (tertiary/aromatic N) is 6. The molecule has 6 bridgehead atoms. The molecule has 2 aromatic heterocycles. The molecular weight excluding hydrogens is 964 g/mol. The summed E-state index contributed by atoms with van der Waals surface area (Å²) in [7, 11) is 1.56. The molecule has 1 spiro atoms. The van der Waals surface area contributed by atoms with Crippen LogP contribution in [0.25, 0.3) is 27.7 Å². The number of aromatic nitrogens is 2. The lowest BCUT2D eigenvalue weighted by Gasteiger charge is -2.55. The number of carbonyl (C=O) groups is 4.